The van der Waals surface area contributed by atoms with Crippen LogP contribution >= 0.6 is 0 Å². The van der Waals surface area contributed by atoms with Crippen molar-refractivity contribution < 1.29 is 19.1 Å². The molecule has 6 nitrogen and oxygen atoms in total. The van der Waals surface area contributed by atoms with Crippen LogP contribution in [0.25, 0.3) is 0 Å². The first-order chi connectivity index (χ1) is 8.69. The standard InChI is InChI=1S/C12H20N2O4/c1-17-11(15)13-7-3-5-9(13)10-6-4-8-14(10)12(16)18-2/h9-10H,3-8H2,1-2H3. The molecule has 2 unspecified atom stereocenters. The van der Waals surface area contributed by atoms with Gasteiger partial charge in [0.25, 0.3) is 0 Å². The molecule has 0 N–H and O–H groups in total. The maximum atomic E-state index is 11.7. The molecule has 2 aliphatic heterocycles. The van der Waals surface area contributed by atoms with Crippen molar-refractivity contribution in [3.8, 4) is 0 Å². The lowest BCUT2D eigenvalue weighted by atomic mass is 10.0. The summed E-state index contributed by atoms with van der Waals surface area (Å²) >= 11 is 0. The molecule has 102 valence electrons. The number of amides is 2. The van der Waals surface area contributed by atoms with Gasteiger partial charge in [-0.3, -0.25) is 0 Å². The average Bonchev–Trinajstić information content (AvgIpc) is 3.04. The Morgan fingerprint density at radius 3 is 1.61 bits per heavy atom. The SMILES string of the molecule is COC(=O)N1CCCC1C1CCCN1C(=O)OC. The minimum absolute atomic E-state index is 0.0686. The molecule has 0 aromatic carbocycles. The lowest BCUT2D eigenvalue weighted by Crippen LogP contribution is -2.50. The van der Waals surface area contributed by atoms with Gasteiger partial charge in [-0.15, -0.1) is 0 Å². The predicted octanol–water partition coefficient (Wildman–Crippen LogP) is 1.45. The highest BCUT2D eigenvalue weighted by Gasteiger charge is 2.42. The molecule has 2 aliphatic rings. The van der Waals surface area contributed by atoms with E-state index in [2.05, 4.69) is 0 Å². The van der Waals surface area contributed by atoms with E-state index in [1.165, 1.54) is 14.2 Å². The van der Waals surface area contributed by atoms with Crippen molar-refractivity contribution in [1.29, 1.82) is 0 Å². The van der Waals surface area contributed by atoms with Crippen molar-refractivity contribution >= 4 is 12.2 Å². The van der Waals surface area contributed by atoms with Gasteiger partial charge in [-0.1, -0.05) is 0 Å². The van der Waals surface area contributed by atoms with Crippen LogP contribution in [0, 0.1) is 0 Å². The van der Waals surface area contributed by atoms with Crippen molar-refractivity contribution in [3.05, 3.63) is 0 Å². The molecule has 0 aromatic rings. The van der Waals surface area contributed by atoms with E-state index in [0.29, 0.717) is 13.1 Å². The van der Waals surface area contributed by atoms with Gasteiger partial charge >= 0.3 is 12.2 Å². The van der Waals surface area contributed by atoms with Crippen LogP contribution < -0.4 is 0 Å². The number of hydrogen-bond acceptors (Lipinski definition) is 4. The molecule has 2 amide bonds. The molecule has 6 heteroatoms. The van der Waals surface area contributed by atoms with E-state index in [1.54, 1.807) is 9.80 Å². The van der Waals surface area contributed by atoms with E-state index in [9.17, 15) is 9.59 Å². The highest BCUT2D eigenvalue weighted by molar-refractivity contribution is 5.70. The van der Waals surface area contributed by atoms with Gasteiger partial charge in [0.2, 0.25) is 0 Å². The second kappa shape index (κ2) is 5.46. The lowest BCUT2D eigenvalue weighted by molar-refractivity contribution is 0.0798. The molecular weight excluding hydrogens is 236 g/mol. The van der Waals surface area contributed by atoms with Gasteiger partial charge < -0.3 is 19.3 Å². The Morgan fingerprint density at radius 1 is 0.889 bits per heavy atom. The van der Waals surface area contributed by atoms with Crippen LogP contribution in [0.2, 0.25) is 0 Å². The van der Waals surface area contributed by atoms with E-state index in [0.717, 1.165) is 25.7 Å². The Bertz CT molecular complexity index is 302. The number of ether oxygens (including phenoxy) is 2. The van der Waals surface area contributed by atoms with Crippen LogP contribution in [0.3, 0.4) is 0 Å². The average molecular weight is 256 g/mol. The lowest BCUT2D eigenvalue weighted by Gasteiger charge is -2.33. The van der Waals surface area contributed by atoms with Crippen LogP contribution in [0.5, 0.6) is 0 Å². The largest absolute Gasteiger partial charge is 0.453 e. The molecule has 2 saturated heterocycles. The van der Waals surface area contributed by atoms with Crippen molar-refractivity contribution in [2.75, 3.05) is 27.3 Å². The number of rotatable bonds is 1. The maximum Gasteiger partial charge on any atom is 0.409 e. The zero-order valence-corrected chi connectivity index (χ0v) is 10.9. The Kier molecular flexibility index (Phi) is 3.93. The second-order valence-electron chi connectivity index (χ2n) is 4.75. The summed E-state index contributed by atoms with van der Waals surface area (Å²) in [6.07, 6.45) is 3.18. The second-order valence-corrected chi connectivity index (χ2v) is 4.75. The number of carbonyl (C=O) groups excluding carboxylic acids is 2. The highest BCUT2D eigenvalue weighted by atomic mass is 16.5. The summed E-state index contributed by atoms with van der Waals surface area (Å²) in [6, 6.07) is 0.137. The molecule has 18 heavy (non-hydrogen) atoms. The van der Waals surface area contributed by atoms with E-state index in [-0.39, 0.29) is 24.3 Å². The molecule has 0 spiro atoms. The van der Waals surface area contributed by atoms with Gasteiger partial charge in [-0.2, -0.15) is 0 Å². The number of nitrogens with zero attached hydrogens (tertiary/aromatic N) is 2. The minimum Gasteiger partial charge on any atom is -0.453 e. The van der Waals surface area contributed by atoms with Crippen molar-refractivity contribution in [1.82, 2.24) is 9.80 Å². The number of methoxy groups -OCH3 is 2. The molecule has 2 fully saturated rings. The topological polar surface area (TPSA) is 59.1 Å². The zero-order chi connectivity index (χ0) is 13.1. The third-order valence-corrected chi connectivity index (χ3v) is 3.86. The van der Waals surface area contributed by atoms with Crippen molar-refractivity contribution in [2.24, 2.45) is 0 Å². The van der Waals surface area contributed by atoms with Gasteiger partial charge in [0.15, 0.2) is 0 Å². The smallest absolute Gasteiger partial charge is 0.409 e. The fraction of sp³-hybridized carbons (Fsp3) is 0.833. The normalized spacial score (nSPS) is 27.4. The van der Waals surface area contributed by atoms with Crippen molar-refractivity contribution in [3.63, 3.8) is 0 Å². The molecule has 0 aromatic heterocycles. The van der Waals surface area contributed by atoms with Gasteiger partial charge in [0.1, 0.15) is 0 Å². The molecule has 2 heterocycles. The van der Waals surface area contributed by atoms with Crippen LogP contribution in [0.4, 0.5) is 9.59 Å². The predicted molar refractivity (Wildman–Crippen MR) is 64.3 cm³/mol. The molecule has 0 aliphatic carbocycles. The summed E-state index contributed by atoms with van der Waals surface area (Å²) in [5.41, 5.74) is 0. The number of likely N-dealkylation sites (tertiary alicyclic amines) is 2. The summed E-state index contributed by atoms with van der Waals surface area (Å²) in [5.74, 6) is 0. The van der Waals surface area contributed by atoms with Crippen LogP contribution in [-0.4, -0.2) is 61.4 Å². The first kappa shape index (κ1) is 13.0. The summed E-state index contributed by atoms with van der Waals surface area (Å²) in [7, 11) is 2.79. The quantitative estimate of drug-likeness (QED) is 0.712. The van der Waals surface area contributed by atoms with E-state index < -0.39 is 0 Å². The van der Waals surface area contributed by atoms with E-state index in [1.807, 2.05) is 0 Å². The maximum absolute atomic E-state index is 11.7. The first-order valence-electron chi connectivity index (χ1n) is 6.38. The molecule has 0 radical (unpaired) electrons. The Labute approximate surface area is 107 Å². The Hall–Kier alpha value is -1.46. The van der Waals surface area contributed by atoms with Gasteiger partial charge in [-0.05, 0) is 25.7 Å². The Morgan fingerprint density at radius 2 is 1.28 bits per heavy atom. The molecular formula is C12H20N2O4. The molecule has 0 bridgehead atoms. The zero-order valence-electron chi connectivity index (χ0n) is 10.9. The summed E-state index contributed by atoms with van der Waals surface area (Å²) in [6.45, 7) is 1.42. The first-order valence-corrected chi connectivity index (χ1v) is 6.38. The van der Waals surface area contributed by atoms with Crippen LogP contribution in [-0.2, 0) is 9.47 Å². The number of hydrogen-bond donors (Lipinski definition) is 0. The Balaban J connectivity index is 2.09. The molecule has 2 atom stereocenters. The van der Waals surface area contributed by atoms with E-state index >= 15 is 0 Å². The van der Waals surface area contributed by atoms with Gasteiger partial charge in [0.05, 0.1) is 26.3 Å². The minimum atomic E-state index is -0.297. The van der Waals surface area contributed by atoms with Gasteiger partial charge in [-0.25, -0.2) is 9.59 Å². The summed E-state index contributed by atoms with van der Waals surface area (Å²) in [5, 5.41) is 0. The van der Waals surface area contributed by atoms with Crippen LogP contribution in [0.15, 0.2) is 0 Å². The summed E-state index contributed by atoms with van der Waals surface area (Å²) in [4.78, 5) is 26.9. The third-order valence-electron chi connectivity index (χ3n) is 3.86. The number of carbonyl (C=O) groups is 2. The highest BCUT2D eigenvalue weighted by Crippen LogP contribution is 2.30. The fourth-order valence-electron chi connectivity index (χ4n) is 3.07. The van der Waals surface area contributed by atoms with Gasteiger partial charge in [0, 0.05) is 13.1 Å². The fourth-order valence-corrected chi connectivity index (χ4v) is 3.07. The van der Waals surface area contributed by atoms with Crippen LogP contribution in [0.1, 0.15) is 25.7 Å². The van der Waals surface area contributed by atoms with E-state index in [4.69, 9.17) is 9.47 Å². The molecule has 2 rings (SSSR count). The monoisotopic (exact) mass is 256 g/mol. The molecule has 0 saturated carbocycles. The summed E-state index contributed by atoms with van der Waals surface area (Å²) < 4.78 is 9.60. The third kappa shape index (κ3) is 2.23. The van der Waals surface area contributed by atoms with Crippen molar-refractivity contribution in [2.45, 2.75) is 37.8 Å².